The van der Waals surface area contributed by atoms with Crippen molar-refractivity contribution in [2.24, 2.45) is 0 Å². The highest BCUT2D eigenvalue weighted by molar-refractivity contribution is 7.16. The minimum atomic E-state index is -0.895. The monoisotopic (exact) mass is 489 g/mol. The molecule has 2 aromatic heterocycles. The van der Waals surface area contributed by atoms with E-state index in [0.717, 1.165) is 28.2 Å². The minimum absolute atomic E-state index is 0.0114. The van der Waals surface area contributed by atoms with Crippen LogP contribution < -0.4 is 10.9 Å². The summed E-state index contributed by atoms with van der Waals surface area (Å²) in [6.45, 7) is 1.64. The van der Waals surface area contributed by atoms with Crippen LogP contribution in [0, 0.1) is 11.6 Å². The molecule has 0 spiro atoms. The number of rotatable bonds is 5. The van der Waals surface area contributed by atoms with E-state index in [1.807, 2.05) is 0 Å². The molecular weight excluding hydrogens is 476 g/mol. The Labute approximate surface area is 194 Å². The number of esters is 1. The van der Waals surface area contributed by atoms with Gasteiger partial charge in [0, 0.05) is 10.8 Å². The Morgan fingerprint density at radius 2 is 1.88 bits per heavy atom. The zero-order valence-electron chi connectivity index (χ0n) is 16.9. The molecule has 1 N–H and O–H groups in total. The summed E-state index contributed by atoms with van der Waals surface area (Å²) in [6, 6.07) is 9.14. The number of hydrogen-bond donors (Lipinski definition) is 1. The third-order valence-electron chi connectivity index (χ3n) is 4.62. The molecule has 0 unspecified atom stereocenters. The lowest BCUT2D eigenvalue weighted by atomic mass is 10.2. The third-order valence-corrected chi connectivity index (χ3v) is 5.83. The molecule has 0 radical (unpaired) electrons. The number of halogens is 3. The second-order valence-corrected chi connectivity index (χ2v) is 7.93. The lowest BCUT2D eigenvalue weighted by Gasteiger charge is -2.11. The number of hydrogen-bond acceptors (Lipinski definition) is 6. The molecule has 33 heavy (non-hydrogen) atoms. The van der Waals surface area contributed by atoms with Crippen LogP contribution in [0.3, 0.4) is 0 Å². The predicted molar refractivity (Wildman–Crippen MR) is 120 cm³/mol. The highest BCUT2D eigenvalue weighted by atomic mass is 35.5. The van der Waals surface area contributed by atoms with E-state index in [2.05, 4.69) is 10.4 Å². The normalized spacial score (nSPS) is 10.9. The first-order valence-electron chi connectivity index (χ1n) is 9.55. The van der Waals surface area contributed by atoms with Crippen molar-refractivity contribution in [3.8, 4) is 5.69 Å². The molecule has 0 aliphatic heterocycles. The number of aromatic nitrogens is 2. The van der Waals surface area contributed by atoms with Crippen molar-refractivity contribution in [2.75, 3.05) is 11.9 Å². The van der Waals surface area contributed by atoms with Gasteiger partial charge in [-0.3, -0.25) is 9.59 Å². The Morgan fingerprint density at radius 3 is 2.58 bits per heavy atom. The predicted octanol–water partition coefficient (Wildman–Crippen LogP) is 4.81. The second-order valence-electron chi connectivity index (χ2n) is 6.64. The van der Waals surface area contributed by atoms with Gasteiger partial charge >= 0.3 is 5.97 Å². The zero-order chi connectivity index (χ0) is 23.7. The summed E-state index contributed by atoms with van der Waals surface area (Å²) in [4.78, 5) is 38.6. The molecule has 0 saturated carbocycles. The van der Waals surface area contributed by atoms with Crippen molar-refractivity contribution >= 4 is 50.6 Å². The molecular formula is C22H14ClF2N3O4S. The van der Waals surface area contributed by atoms with Gasteiger partial charge in [0.2, 0.25) is 0 Å². The van der Waals surface area contributed by atoms with Crippen LogP contribution in [0.5, 0.6) is 0 Å². The molecule has 0 aliphatic carbocycles. The Hall–Kier alpha value is -3.63. The molecule has 0 atom stereocenters. The lowest BCUT2D eigenvalue weighted by molar-refractivity contribution is 0.0519. The van der Waals surface area contributed by atoms with Crippen LogP contribution in [0.2, 0.25) is 5.02 Å². The Kier molecular flexibility index (Phi) is 6.21. The van der Waals surface area contributed by atoms with Gasteiger partial charge in [0.05, 0.1) is 22.6 Å². The van der Waals surface area contributed by atoms with Gasteiger partial charge in [-0.1, -0.05) is 29.8 Å². The molecule has 7 nitrogen and oxygen atoms in total. The van der Waals surface area contributed by atoms with Crippen LogP contribution >= 0.6 is 22.9 Å². The summed E-state index contributed by atoms with van der Waals surface area (Å²) in [7, 11) is 0. The van der Waals surface area contributed by atoms with Crippen molar-refractivity contribution in [3.05, 3.63) is 86.1 Å². The SMILES string of the molecule is CCOC(=O)c1nn(-c2ccccc2F)c(=O)c2c(NC(=O)c3c(F)cccc3Cl)scc12. The lowest BCUT2D eigenvalue weighted by Crippen LogP contribution is -2.26. The number of carbonyl (C=O) groups excluding carboxylic acids is 2. The quantitative estimate of drug-likeness (QED) is 0.406. The van der Waals surface area contributed by atoms with Crippen molar-refractivity contribution < 1.29 is 23.1 Å². The van der Waals surface area contributed by atoms with Crippen LogP contribution in [0.15, 0.2) is 52.6 Å². The maximum atomic E-state index is 14.4. The number of para-hydroxylation sites is 1. The molecule has 4 rings (SSSR count). The number of nitrogens with one attached hydrogen (secondary N) is 1. The van der Waals surface area contributed by atoms with Crippen molar-refractivity contribution in [3.63, 3.8) is 0 Å². The first-order chi connectivity index (χ1) is 15.8. The van der Waals surface area contributed by atoms with Crippen molar-refractivity contribution in [1.29, 1.82) is 0 Å². The van der Waals surface area contributed by atoms with E-state index in [1.165, 1.54) is 35.7 Å². The Balaban J connectivity index is 1.93. The first kappa shape index (κ1) is 22.6. The largest absolute Gasteiger partial charge is 0.461 e. The van der Waals surface area contributed by atoms with E-state index in [4.69, 9.17) is 16.3 Å². The van der Waals surface area contributed by atoms with Crippen LogP contribution in [-0.4, -0.2) is 28.3 Å². The fourth-order valence-electron chi connectivity index (χ4n) is 3.16. The fraction of sp³-hybridized carbons (Fsp3) is 0.0909. The average molecular weight is 490 g/mol. The fourth-order valence-corrected chi connectivity index (χ4v) is 4.34. The summed E-state index contributed by atoms with van der Waals surface area (Å²) in [5, 5.41) is 7.81. The van der Waals surface area contributed by atoms with Crippen LogP contribution in [0.4, 0.5) is 13.8 Å². The molecule has 0 bridgehead atoms. The maximum absolute atomic E-state index is 14.4. The highest BCUT2D eigenvalue weighted by Gasteiger charge is 2.25. The van der Waals surface area contributed by atoms with Crippen LogP contribution in [0.25, 0.3) is 16.5 Å². The smallest absolute Gasteiger partial charge is 0.359 e. The summed E-state index contributed by atoms with van der Waals surface area (Å²) < 4.78 is 34.4. The van der Waals surface area contributed by atoms with E-state index in [0.29, 0.717) is 0 Å². The van der Waals surface area contributed by atoms with Crippen molar-refractivity contribution in [2.45, 2.75) is 6.92 Å². The van der Waals surface area contributed by atoms with Gasteiger partial charge in [0.25, 0.3) is 11.5 Å². The van der Waals surface area contributed by atoms with Gasteiger partial charge in [0.1, 0.15) is 22.3 Å². The standard InChI is InChI=1S/C22H14ClF2N3O4S/c1-2-32-22(31)18-11-10-33-20(26-19(29)17-12(23)6-5-8-14(17)25)16(11)21(30)28(27-18)15-9-4-3-7-13(15)24/h3-10H,2H2,1H3,(H,26,29). The highest BCUT2D eigenvalue weighted by Crippen LogP contribution is 2.32. The molecule has 2 aromatic carbocycles. The molecule has 11 heteroatoms. The van der Waals surface area contributed by atoms with Crippen molar-refractivity contribution in [1.82, 2.24) is 9.78 Å². The zero-order valence-corrected chi connectivity index (χ0v) is 18.5. The number of carbonyl (C=O) groups is 2. The van der Waals surface area contributed by atoms with E-state index in [-0.39, 0.29) is 38.8 Å². The van der Waals surface area contributed by atoms with Crippen LogP contribution in [0.1, 0.15) is 27.8 Å². The summed E-state index contributed by atoms with van der Waals surface area (Å²) in [6.07, 6.45) is 0. The summed E-state index contributed by atoms with van der Waals surface area (Å²) in [5.41, 5.74) is -1.64. The Morgan fingerprint density at radius 1 is 1.15 bits per heavy atom. The van der Waals surface area contributed by atoms with Gasteiger partial charge in [-0.25, -0.2) is 13.6 Å². The van der Waals surface area contributed by atoms with Gasteiger partial charge in [0.15, 0.2) is 5.69 Å². The molecule has 4 aromatic rings. The molecule has 0 saturated heterocycles. The minimum Gasteiger partial charge on any atom is -0.461 e. The third kappa shape index (κ3) is 4.10. The number of thiophene rings is 1. The average Bonchev–Trinajstić information content (AvgIpc) is 3.19. The van der Waals surface area contributed by atoms with E-state index >= 15 is 0 Å². The second kappa shape index (κ2) is 9.08. The van der Waals surface area contributed by atoms with E-state index in [9.17, 15) is 23.2 Å². The van der Waals surface area contributed by atoms with E-state index in [1.54, 1.807) is 6.92 Å². The number of nitrogens with zero attached hydrogens (tertiary/aromatic N) is 2. The number of ether oxygens (including phenoxy) is 1. The molecule has 0 fully saturated rings. The number of anilines is 1. The number of amides is 1. The van der Waals surface area contributed by atoms with Gasteiger partial charge in [-0.2, -0.15) is 9.78 Å². The van der Waals surface area contributed by atoms with Gasteiger partial charge < -0.3 is 10.1 Å². The Bertz CT molecular complexity index is 1450. The topological polar surface area (TPSA) is 90.3 Å². The number of fused-ring (bicyclic) bond motifs is 1. The molecule has 1 amide bonds. The van der Waals surface area contributed by atoms with Crippen LogP contribution in [-0.2, 0) is 4.74 Å². The van der Waals surface area contributed by atoms with Gasteiger partial charge in [-0.05, 0) is 31.2 Å². The summed E-state index contributed by atoms with van der Waals surface area (Å²) >= 11 is 6.88. The molecule has 168 valence electrons. The number of benzene rings is 2. The molecule has 0 aliphatic rings. The van der Waals surface area contributed by atoms with Gasteiger partial charge in [-0.15, -0.1) is 11.3 Å². The molecule has 2 heterocycles. The van der Waals surface area contributed by atoms with E-state index < -0.39 is 34.6 Å². The summed E-state index contributed by atoms with van der Waals surface area (Å²) in [5.74, 6) is -3.33. The maximum Gasteiger partial charge on any atom is 0.359 e. The first-order valence-corrected chi connectivity index (χ1v) is 10.8.